The zero-order valence-corrected chi connectivity index (χ0v) is 9.94. The number of primary amides is 1. The average Bonchev–Trinajstić information content (AvgIpc) is 2.89. The van der Waals surface area contributed by atoms with E-state index in [1.807, 2.05) is 0 Å². The average molecular weight is 263 g/mol. The lowest BCUT2D eigenvalue weighted by atomic mass is 10.1. The Morgan fingerprint density at radius 2 is 2.06 bits per heavy atom. The number of urea groups is 1. The highest BCUT2D eigenvalue weighted by Crippen LogP contribution is 2.24. The number of aromatic nitrogens is 1. The van der Waals surface area contributed by atoms with E-state index in [1.54, 1.807) is 30.3 Å². The zero-order valence-electron chi connectivity index (χ0n) is 9.12. The van der Waals surface area contributed by atoms with Crippen LogP contribution in [0.15, 0.2) is 41.1 Å². The minimum absolute atomic E-state index is 0.326. The lowest BCUT2D eigenvalue weighted by molar-refractivity contribution is 0.108. The van der Waals surface area contributed by atoms with Crippen molar-refractivity contribution in [2.75, 3.05) is 0 Å². The van der Waals surface area contributed by atoms with Crippen molar-refractivity contribution in [3.8, 4) is 11.3 Å². The van der Waals surface area contributed by atoms with Crippen LogP contribution < -0.4 is 10.5 Å². The number of rotatable bonds is 2. The van der Waals surface area contributed by atoms with Crippen molar-refractivity contribution < 1.29 is 14.1 Å². The smallest absolute Gasteiger partial charge is 0.322 e. The Morgan fingerprint density at radius 3 is 2.72 bits per heavy atom. The van der Waals surface area contributed by atoms with Crippen molar-refractivity contribution in [3.63, 3.8) is 0 Å². The summed E-state index contributed by atoms with van der Waals surface area (Å²) in [6.45, 7) is 0. The van der Waals surface area contributed by atoms with Crippen molar-refractivity contribution in [2.45, 2.75) is 0 Å². The van der Waals surface area contributed by atoms with E-state index in [-0.39, 0.29) is 5.12 Å². The number of carbonyl (C=O) groups is 2. The van der Waals surface area contributed by atoms with Crippen LogP contribution in [-0.4, -0.2) is 16.3 Å². The molecule has 0 saturated carbocycles. The van der Waals surface area contributed by atoms with Gasteiger partial charge in [0, 0.05) is 29.1 Å². The van der Waals surface area contributed by atoms with Crippen molar-refractivity contribution in [1.82, 2.24) is 9.88 Å². The van der Waals surface area contributed by atoms with Gasteiger partial charge in [-0.05, 0) is 6.07 Å². The molecule has 0 radical (unpaired) electrons. The van der Waals surface area contributed by atoms with Gasteiger partial charge in [0.25, 0.3) is 0 Å². The van der Waals surface area contributed by atoms with Gasteiger partial charge in [-0.25, -0.2) is 4.79 Å². The van der Waals surface area contributed by atoms with Gasteiger partial charge in [-0.15, -0.1) is 0 Å². The highest BCUT2D eigenvalue weighted by atomic mass is 32.2. The number of benzene rings is 1. The van der Waals surface area contributed by atoms with E-state index in [4.69, 9.17) is 10.3 Å². The molecule has 0 atom stereocenters. The summed E-state index contributed by atoms with van der Waals surface area (Å²) in [7, 11) is 0. The number of hydrogen-bond donors (Lipinski definition) is 2. The summed E-state index contributed by atoms with van der Waals surface area (Å²) in [5, 5.41) is 3.45. The third-order valence-corrected chi connectivity index (χ3v) is 2.81. The van der Waals surface area contributed by atoms with E-state index >= 15 is 0 Å². The minimum Gasteiger partial charge on any atom is -0.364 e. The van der Waals surface area contributed by atoms with Gasteiger partial charge in [0.2, 0.25) is 5.12 Å². The quantitative estimate of drug-likeness (QED) is 0.805. The Morgan fingerprint density at radius 1 is 1.28 bits per heavy atom. The van der Waals surface area contributed by atoms with Gasteiger partial charge in [-0.2, -0.15) is 0 Å². The third kappa shape index (κ3) is 2.69. The van der Waals surface area contributed by atoms with Crippen LogP contribution >= 0.6 is 11.9 Å². The number of nitrogens with two attached hydrogens (primary N) is 1. The molecule has 0 aliphatic heterocycles. The molecule has 92 valence electrons. The highest BCUT2D eigenvalue weighted by Gasteiger charge is 2.15. The van der Waals surface area contributed by atoms with Crippen LogP contribution in [-0.2, 0) is 0 Å². The number of nitrogens with one attached hydrogen (secondary N) is 1. The molecular weight excluding hydrogens is 254 g/mol. The topological polar surface area (TPSA) is 98.2 Å². The molecule has 0 saturated heterocycles. The second-order valence-electron chi connectivity index (χ2n) is 3.29. The number of nitrogens with zero attached hydrogens (tertiary/aromatic N) is 1. The van der Waals surface area contributed by atoms with Gasteiger partial charge in [0.15, 0.2) is 0 Å². The molecule has 0 unspecified atom stereocenters. The second kappa shape index (κ2) is 5.37. The first-order valence-electron chi connectivity index (χ1n) is 4.95. The molecule has 0 spiro atoms. The largest absolute Gasteiger partial charge is 0.364 e. The summed E-state index contributed by atoms with van der Waals surface area (Å²) < 4.78 is 6.92. The van der Waals surface area contributed by atoms with Crippen molar-refractivity contribution >= 4 is 23.1 Å². The van der Waals surface area contributed by atoms with Crippen LogP contribution in [0.25, 0.3) is 11.3 Å². The van der Waals surface area contributed by atoms with Gasteiger partial charge in [0.1, 0.15) is 12.0 Å². The maximum atomic E-state index is 11.9. The number of hydrogen-bond acceptors (Lipinski definition) is 5. The monoisotopic (exact) mass is 263 g/mol. The molecule has 3 N–H and O–H groups in total. The summed E-state index contributed by atoms with van der Waals surface area (Å²) in [5.74, 6) is 0. The fourth-order valence-corrected chi connectivity index (χ4v) is 1.87. The Hall–Kier alpha value is -2.28. The standard InChI is InChI=1S/C11H9N3O3S/c12-11(16)14-18-10(15)8-4-2-1-3-7(8)9-5-6-17-13-9/h1-6H,(H3,12,14,16). The Bertz CT molecular complexity index is 569. The minimum atomic E-state index is -0.771. The highest BCUT2D eigenvalue weighted by molar-refractivity contribution is 8.12. The Labute approximate surface area is 107 Å². The van der Waals surface area contributed by atoms with Gasteiger partial charge < -0.3 is 10.3 Å². The van der Waals surface area contributed by atoms with Crippen LogP contribution in [0.4, 0.5) is 4.79 Å². The molecule has 18 heavy (non-hydrogen) atoms. The molecule has 1 aromatic heterocycles. The molecular formula is C11H9N3O3S. The Kier molecular flexibility index (Phi) is 3.63. The van der Waals surface area contributed by atoms with E-state index in [2.05, 4.69) is 9.88 Å². The summed E-state index contributed by atoms with van der Waals surface area (Å²) in [6, 6.07) is 7.78. The molecule has 0 aliphatic rings. The molecule has 1 aromatic carbocycles. The lowest BCUT2D eigenvalue weighted by Crippen LogP contribution is -2.24. The molecule has 2 rings (SSSR count). The van der Waals surface area contributed by atoms with Gasteiger partial charge in [-0.1, -0.05) is 23.4 Å². The third-order valence-electron chi connectivity index (χ3n) is 2.11. The molecule has 6 nitrogen and oxygen atoms in total. The molecule has 0 aliphatic carbocycles. The molecule has 0 fully saturated rings. The van der Waals surface area contributed by atoms with Crippen LogP contribution in [0.5, 0.6) is 0 Å². The first kappa shape index (κ1) is 12.2. The first-order chi connectivity index (χ1) is 8.68. The summed E-state index contributed by atoms with van der Waals surface area (Å²) >= 11 is 0.627. The lowest BCUT2D eigenvalue weighted by Gasteiger charge is -2.05. The van der Waals surface area contributed by atoms with E-state index in [9.17, 15) is 9.59 Å². The zero-order chi connectivity index (χ0) is 13.0. The second-order valence-corrected chi connectivity index (χ2v) is 4.07. The fourth-order valence-electron chi connectivity index (χ4n) is 1.39. The van der Waals surface area contributed by atoms with E-state index in [1.165, 1.54) is 6.26 Å². The first-order valence-corrected chi connectivity index (χ1v) is 5.76. The molecule has 0 bridgehead atoms. The van der Waals surface area contributed by atoms with Crippen molar-refractivity contribution in [2.24, 2.45) is 5.73 Å². The normalized spacial score (nSPS) is 10.0. The van der Waals surface area contributed by atoms with Crippen LogP contribution in [0, 0.1) is 0 Å². The number of carbonyl (C=O) groups excluding carboxylic acids is 2. The fraction of sp³-hybridized carbons (Fsp3) is 0. The van der Waals surface area contributed by atoms with E-state index in [0.717, 1.165) is 0 Å². The van der Waals surface area contributed by atoms with Gasteiger partial charge in [0.05, 0.1) is 0 Å². The molecule has 7 heteroatoms. The van der Waals surface area contributed by atoms with E-state index < -0.39 is 6.03 Å². The van der Waals surface area contributed by atoms with Crippen LogP contribution in [0.3, 0.4) is 0 Å². The predicted octanol–water partition coefficient (Wildman–Crippen LogP) is 1.80. The van der Waals surface area contributed by atoms with Crippen LogP contribution in [0.1, 0.15) is 10.4 Å². The molecule has 2 aromatic rings. The maximum Gasteiger partial charge on any atom is 0.322 e. The van der Waals surface area contributed by atoms with Crippen molar-refractivity contribution in [1.29, 1.82) is 0 Å². The SMILES string of the molecule is NC(=O)NSC(=O)c1ccccc1-c1ccon1. The van der Waals surface area contributed by atoms with Gasteiger partial charge >= 0.3 is 6.03 Å². The maximum absolute atomic E-state index is 11.9. The number of amides is 2. The predicted molar refractivity (Wildman–Crippen MR) is 66.6 cm³/mol. The molecule has 1 heterocycles. The van der Waals surface area contributed by atoms with Gasteiger partial charge in [-0.3, -0.25) is 9.52 Å². The van der Waals surface area contributed by atoms with Crippen molar-refractivity contribution in [3.05, 3.63) is 42.2 Å². The van der Waals surface area contributed by atoms with E-state index in [0.29, 0.717) is 28.8 Å². The molecule has 2 amide bonds. The summed E-state index contributed by atoms with van der Waals surface area (Å²) in [4.78, 5) is 22.5. The summed E-state index contributed by atoms with van der Waals surface area (Å²) in [5.41, 5.74) is 6.51. The van der Waals surface area contributed by atoms with Crippen LogP contribution in [0.2, 0.25) is 0 Å². The Balaban J connectivity index is 2.28. The summed E-state index contributed by atoms with van der Waals surface area (Å²) in [6.07, 6.45) is 1.42.